The number of hydrogen-bond acceptors (Lipinski definition) is 4. The average molecular weight is 389 g/mol. The van der Waals surface area contributed by atoms with Crippen LogP contribution >= 0.6 is 0 Å². The number of para-hydroxylation sites is 2. The van der Waals surface area contributed by atoms with Gasteiger partial charge >= 0.3 is 6.18 Å². The van der Waals surface area contributed by atoms with Crippen LogP contribution in [0.25, 0.3) is 11.1 Å². The topological polar surface area (TPSA) is 58.4 Å². The Morgan fingerprint density at radius 3 is 2.71 bits per heavy atom. The average Bonchev–Trinajstić information content (AvgIpc) is 3.31. The van der Waals surface area contributed by atoms with Crippen LogP contribution in [-0.2, 0) is 6.18 Å². The van der Waals surface area contributed by atoms with Crippen molar-refractivity contribution in [3.05, 3.63) is 59.7 Å². The van der Waals surface area contributed by atoms with Crippen LogP contribution in [0.15, 0.2) is 52.9 Å². The van der Waals surface area contributed by atoms with Gasteiger partial charge in [0.2, 0.25) is 0 Å². The van der Waals surface area contributed by atoms with Crippen molar-refractivity contribution in [2.45, 2.75) is 25.1 Å². The summed E-state index contributed by atoms with van der Waals surface area (Å²) in [6, 6.07) is 12.6. The summed E-state index contributed by atoms with van der Waals surface area (Å²) < 4.78 is 45.2. The number of nitrogens with one attached hydrogen (secondary N) is 1. The van der Waals surface area contributed by atoms with Crippen molar-refractivity contribution >= 4 is 23.0 Å². The molecule has 0 radical (unpaired) electrons. The second kappa shape index (κ2) is 7.18. The summed E-state index contributed by atoms with van der Waals surface area (Å²) >= 11 is 0. The number of amides is 1. The third-order valence-corrected chi connectivity index (χ3v) is 4.88. The van der Waals surface area contributed by atoms with Crippen molar-refractivity contribution in [2.75, 3.05) is 18.0 Å². The zero-order valence-electron chi connectivity index (χ0n) is 14.9. The fraction of sp³-hybridized carbons (Fsp3) is 0.300. The first-order valence-electron chi connectivity index (χ1n) is 9.00. The van der Waals surface area contributed by atoms with E-state index in [4.69, 9.17) is 4.42 Å². The molecule has 1 aromatic heterocycles. The van der Waals surface area contributed by atoms with Gasteiger partial charge in [0.1, 0.15) is 5.52 Å². The van der Waals surface area contributed by atoms with Crippen LogP contribution in [0.5, 0.6) is 0 Å². The summed E-state index contributed by atoms with van der Waals surface area (Å²) in [7, 11) is 0. The third-order valence-electron chi connectivity index (χ3n) is 4.88. The van der Waals surface area contributed by atoms with Gasteiger partial charge in [-0.3, -0.25) is 4.79 Å². The number of oxazole rings is 1. The molecule has 1 aliphatic heterocycles. The molecule has 1 amide bonds. The number of rotatable bonds is 4. The molecule has 0 spiro atoms. The first-order valence-corrected chi connectivity index (χ1v) is 9.00. The monoisotopic (exact) mass is 389 g/mol. The number of halogens is 3. The molecule has 0 bridgehead atoms. The van der Waals surface area contributed by atoms with Crippen LogP contribution in [0.4, 0.5) is 19.2 Å². The van der Waals surface area contributed by atoms with E-state index < -0.39 is 17.6 Å². The van der Waals surface area contributed by atoms with Crippen molar-refractivity contribution in [1.29, 1.82) is 0 Å². The highest BCUT2D eigenvalue weighted by atomic mass is 19.4. The smallest absolute Gasteiger partial charge is 0.417 e. The SMILES string of the molecule is O=C(NC[C@@H]1CCCN1c1nc2ccccc2o1)c1ccccc1C(F)(F)F. The zero-order chi connectivity index (χ0) is 19.7. The van der Waals surface area contributed by atoms with E-state index in [9.17, 15) is 18.0 Å². The predicted octanol–water partition coefficient (Wildman–Crippen LogP) is 4.25. The number of alkyl halides is 3. The summed E-state index contributed by atoms with van der Waals surface area (Å²) in [5, 5.41) is 2.64. The minimum atomic E-state index is -4.58. The van der Waals surface area contributed by atoms with Crippen molar-refractivity contribution < 1.29 is 22.4 Å². The van der Waals surface area contributed by atoms with E-state index in [1.807, 2.05) is 29.2 Å². The molecule has 28 heavy (non-hydrogen) atoms. The number of carbonyl (C=O) groups excluding carboxylic acids is 1. The molecule has 4 rings (SSSR count). The first-order chi connectivity index (χ1) is 13.4. The normalized spacial score (nSPS) is 17.2. The lowest BCUT2D eigenvalue weighted by Crippen LogP contribution is -2.40. The number of anilines is 1. The Morgan fingerprint density at radius 2 is 1.93 bits per heavy atom. The maximum atomic E-state index is 13.1. The fourth-order valence-corrected chi connectivity index (χ4v) is 3.52. The van der Waals surface area contributed by atoms with Gasteiger partial charge in [-0.15, -0.1) is 0 Å². The van der Waals surface area contributed by atoms with E-state index in [2.05, 4.69) is 10.3 Å². The summed E-state index contributed by atoms with van der Waals surface area (Å²) in [5.74, 6) is -0.739. The minimum Gasteiger partial charge on any atom is -0.423 e. The Labute approximate surface area is 159 Å². The fourth-order valence-electron chi connectivity index (χ4n) is 3.52. The largest absolute Gasteiger partial charge is 0.423 e. The van der Waals surface area contributed by atoms with E-state index in [-0.39, 0.29) is 18.2 Å². The Hall–Kier alpha value is -3.03. The van der Waals surface area contributed by atoms with Gasteiger partial charge in [0, 0.05) is 13.1 Å². The second-order valence-electron chi connectivity index (χ2n) is 6.71. The van der Waals surface area contributed by atoms with E-state index in [0.717, 1.165) is 24.4 Å². The molecule has 8 heteroatoms. The summed E-state index contributed by atoms with van der Waals surface area (Å²) in [4.78, 5) is 18.8. The summed E-state index contributed by atoms with van der Waals surface area (Å²) in [6.45, 7) is 0.927. The molecule has 0 saturated carbocycles. The molecule has 2 aromatic carbocycles. The Bertz CT molecular complexity index is 967. The third kappa shape index (κ3) is 3.54. The molecule has 0 unspecified atom stereocenters. The predicted molar refractivity (Wildman–Crippen MR) is 98.2 cm³/mol. The lowest BCUT2D eigenvalue weighted by Gasteiger charge is -2.23. The van der Waals surface area contributed by atoms with Crippen molar-refractivity contribution in [3.8, 4) is 0 Å². The van der Waals surface area contributed by atoms with Gasteiger partial charge in [-0.1, -0.05) is 24.3 Å². The van der Waals surface area contributed by atoms with Gasteiger partial charge in [-0.2, -0.15) is 18.2 Å². The van der Waals surface area contributed by atoms with Crippen molar-refractivity contribution in [2.24, 2.45) is 0 Å². The van der Waals surface area contributed by atoms with Crippen LogP contribution < -0.4 is 10.2 Å². The molecular weight excluding hydrogens is 371 g/mol. The molecule has 146 valence electrons. The number of aromatic nitrogens is 1. The van der Waals surface area contributed by atoms with Crippen LogP contribution in [0.2, 0.25) is 0 Å². The molecular formula is C20H18F3N3O2. The molecule has 1 atom stereocenters. The highest BCUT2D eigenvalue weighted by molar-refractivity contribution is 5.95. The minimum absolute atomic E-state index is 0.0879. The lowest BCUT2D eigenvalue weighted by atomic mass is 10.1. The number of fused-ring (bicyclic) bond motifs is 1. The van der Waals surface area contributed by atoms with E-state index >= 15 is 0 Å². The van der Waals surface area contributed by atoms with Gasteiger partial charge in [-0.05, 0) is 37.1 Å². The van der Waals surface area contributed by atoms with Gasteiger partial charge in [0.25, 0.3) is 11.9 Å². The zero-order valence-corrected chi connectivity index (χ0v) is 14.9. The molecule has 1 saturated heterocycles. The molecule has 1 aliphatic rings. The van der Waals surface area contributed by atoms with Gasteiger partial charge in [0.15, 0.2) is 5.58 Å². The number of nitrogens with zero attached hydrogens (tertiary/aromatic N) is 2. The van der Waals surface area contributed by atoms with Crippen LogP contribution in [0.3, 0.4) is 0 Å². The summed E-state index contributed by atoms with van der Waals surface area (Å²) in [5.41, 5.74) is 0.105. The molecule has 2 heterocycles. The second-order valence-corrected chi connectivity index (χ2v) is 6.71. The standard InChI is InChI=1S/C20H18F3N3O2/c21-20(22,23)15-8-2-1-7-14(15)18(27)24-12-13-6-5-11-26(13)19-25-16-9-3-4-10-17(16)28-19/h1-4,7-10,13H,5-6,11-12H2,(H,24,27)/t13-/m0/s1. The number of benzene rings is 2. The molecule has 0 aliphatic carbocycles. The molecule has 1 N–H and O–H groups in total. The van der Waals surface area contributed by atoms with Crippen molar-refractivity contribution in [1.82, 2.24) is 10.3 Å². The van der Waals surface area contributed by atoms with E-state index in [1.165, 1.54) is 18.2 Å². The highest BCUT2D eigenvalue weighted by Gasteiger charge is 2.35. The quantitative estimate of drug-likeness (QED) is 0.725. The maximum Gasteiger partial charge on any atom is 0.417 e. The molecule has 5 nitrogen and oxygen atoms in total. The Balaban J connectivity index is 1.48. The number of carbonyl (C=O) groups is 1. The first kappa shape index (κ1) is 18.3. The molecule has 1 fully saturated rings. The van der Waals surface area contributed by atoms with Gasteiger partial charge in [0.05, 0.1) is 17.2 Å². The van der Waals surface area contributed by atoms with Gasteiger partial charge in [-0.25, -0.2) is 0 Å². The van der Waals surface area contributed by atoms with E-state index in [1.54, 1.807) is 0 Å². The Morgan fingerprint density at radius 1 is 1.18 bits per heavy atom. The van der Waals surface area contributed by atoms with Crippen molar-refractivity contribution in [3.63, 3.8) is 0 Å². The Kier molecular flexibility index (Phi) is 4.70. The van der Waals surface area contributed by atoms with Crippen LogP contribution in [0.1, 0.15) is 28.8 Å². The summed E-state index contributed by atoms with van der Waals surface area (Å²) in [6.07, 6.45) is -2.90. The van der Waals surface area contributed by atoms with Crippen LogP contribution in [-0.4, -0.2) is 30.0 Å². The van der Waals surface area contributed by atoms with E-state index in [0.29, 0.717) is 18.1 Å². The number of hydrogen-bond donors (Lipinski definition) is 1. The highest BCUT2D eigenvalue weighted by Crippen LogP contribution is 2.32. The van der Waals surface area contributed by atoms with Crippen LogP contribution in [0, 0.1) is 0 Å². The lowest BCUT2D eigenvalue weighted by molar-refractivity contribution is -0.137. The molecule has 3 aromatic rings. The van der Waals surface area contributed by atoms with Gasteiger partial charge < -0.3 is 14.6 Å². The maximum absolute atomic E-state index is 13.1.